The van der Waals surface area contributed by atoms with Crippen molar-refractivity contribution < 1.29 is 14.3 Å². The Kier molecular flexibility index (Phi) is 5.08. The summed E-state index contributed by atoms with van der Waals surface area (Å²) >= 11 is 1.29. The summed E-state index contributed by atoms with van der Waals surface area (Å²) in [6, 6.07) is 0. The number of nitrogens with two attached hydrogens (primary N) is 1. The van der Waals surface area contributed by atoms with E-state index in [1.165, 1.54) is 24.2 Å². The van der Waals surface area contributed by atoms with Crippen molar-refractivity contribution >= 4 is 27.9 Å². The van der Waals surface area contributed by atoms with Gasteiger partial charge in [0.15, 0.2) is 5.75 Å². The van der Waals surface area contributed by atoms with Crippen LogP contribution in [0, 0.1) is 5.92 Å². The molecule has 4 N–H and O–H groups in total. The minimum absolute atomic E-state index is 0.205. The average Bonchev–Trinajstić information content (AvgIpc) is 3.21. The highest BCUT2D eigenvalue weighted by Crippen LogP contribution is 2.42. The Morgan fingerprint density at radius 2 is 2.25 bits per heavy atom. The largest absolute Gasteiger partial charge is 0.492 e. The molecule has 0 atom stereocenters. The van der Waals surface area contributed by atoms with E-state index in [0.717, 1.165) is 17.5 Å². The Morgan fingerprint density at radius 3 is 2.85 bits per heavy atom. The smallest absolute Gasteiger partial charge is 0.263 e. The SMILES string of the molecule is CNC(=O)c1sc(NCCOCC2CC2)c(OC)c1N. The maximum atomic E-state index is 11.7. The molecular formula is C13H21N3O3S. The summed E-state index contributed by atoms with van der Waals surface area (Å²) in [5.74, 6) is 1.08. The number of amides is 1. The molecule has 0 radical (unpaired) electrons. The van der Waals surface area contributed by atoms with E-state index in [1.54, 1.807) is 14.2 Å². The zero-order chi connectivity index (χ0) is 14.5. The molecule has 1 aromatic rings. The molecular weight excluding hydrogens is 278 g/mol. The summed E-state index contributed by atoms with van der Waals surface area (Å²) in [6.45, 7) is 2.14. The monoisotopic (exact) mass is 299 g/mol. The second kappa shape index (κ2) is 6.81. The molecule has 112 valence electrons. The molecule has 0 aromatic carbocycles. The summed E-state index contributed by atoms with van der Waals surface area (Å²) in [6.07, 6.45) is 2.58. The Morgan fingerprint density at radius 1 is 1.50 bits per heavy atom. The third-order valence-corrected chi connectivity index (χ3v) is 4.26. The van der Waals surface area contributed by atoms with Gasteiger partial charge in [0.25, 0.3) is 5.91 Å². The minimum Gasteiger partial charge on any atom is -0.492 e. The Labute approximate surface area is 122 Å². The van der Waals surface area contributed by atoms with Gasteiger partial charge in [-0.2, -0.15) is 0 Å². The summed E-state index contributed by atoms with van der Waals surface area (Å²) in [7, 11) is 3.12. The number of hydrogen-bond acceptors (Lipinski definition) is 6. The lowest BCUT2D eigenvalue weighted by Gasteiger charge is -2.07. The molecule has 6 nitrogen and oxygen atoms in total. The van der Waals surface area contributed by atoms with Crippen LogP contribution in [0.4, 0.5) is 10.7 Å². The van der Waals surface area contributed by atoms with E-state index in [2.05, 4.69) is 10.6 Å². The van der Waals surface area contributed by atoms with Gasteiger partial charge in [-0.15, -0.1) is 11.3 Å². The highest BCUT2D eigenvalue weighted by molar-refractivity contribution is 7.19. The first-order chi connectivity index (χ1) is 9.67. The lowest BCUT2D eigenvalue weighted by molar-refractivity contribution is 0.0967. The number of anilines is 2. The first-order valence-corrected chi connectivity index (χ1v) is 7.49. The summed E-state index contributed by atoms with van der Waals surface area (Å²) < 4.78 is 10.8. The molecule has 2 rings (SSSR count). The Hall–Kier alpha value is -1.47. The second-order valence-corrected chi connectivity index (χ2v) is 5.75. The van der Waals surface area contributed by atoms with E-state index in [4.69, 9.17) is 15.2 Å². The number of rotatable bonds is 8. The lowest BCUT2D eigenvalue weighted by atomic mass is 10.3. The Balaban J connectivity index is 1.89. The van der Waals surface area contributed by atoms with Crippen LogP contribution in [0.5, 0.6) is 5.75 Å². The normalized spacial score (nSPS) is 14.1. The van der Waals surface area contributed by atoms with Gasteiger partial charge < -0.3 is 25.8 Å². The van der Waals surface area contributed by atoms with Gasteiger partial charge in [0.2, 0.25) is 0 Å². The topological polar surface area (TPSA) is 85.6 Å². The third kappa shape index (κ3) is 3.55. The quantitative estimate of drug-likeness (QED) is 0.634. The van der Waals surface area contributed by atoms with Crippen molar-refractivity contribution in [3.8, 4) is 5.75 Å². The molecule has 1 fully saturated rings. The predicted octanol–water partition coefficient (Wildman–Crippen LogP) is 1.54. The van der Waals surface area contributed by atoms with Crippen LogP contribution in [-0.2, 0) is 4.74 Å². The molecule has 20 heavy (non-hydrogen) atoms. The third-order valence-electron chi connectivity index (χ3n) is 3.12. The molecule has 0 aliphatic heterocycles. The first kappa shape index (κ1) is 14.9. The van der Waals surface area contributed by atoms with Crippen LogP contribution in [0.1, 0.15) is 22.5 Å². The molecule has 1 aromatic heterocycles. The molecule has 0 unspecified atom stereocenters. The summed E-state index contributed by atoms with van der Waals surface area (Å²) in [4.78, 5) is 12.1. The van der Waals surface area contributed by atoms with Crippen molar-refractivity contribution in [2.24, 2.45) is 5.92 Å². The van der Waals surface area contributed by atoms with Gasteiger partial charge in [-0.05, 0) is 18.8 Å². The van der Waals surface area contributed by atoms with Gasteiger partial charge in [0.1, 0.15) is 15.6 Å². The van der Waals surface area contributed by atoms with Gasteiger partial charge in [0.05, 0.1) is 13.7 Å². The number of carbonyl (C=O) groups excluding carboxylic acids is 1. The van der Waals surface area contributed by atoms with Crippen LogP contribution in [0.2, 0.25) is 0 Å². The molecule has 0 spiro atoms. The van der Waals surface area contributed by atoms with E-state index < -0.39 is 0 Å². The fraction of sp³-hybridized carbons (Fsp3) is 0.615. The second-order valence-electron chi connectivity index (χ2n) is 4.73. The lowest BCUT2D eigenvalue weighted by Crippen LogP contribution is -2.17. The molecule has 1 aliphatic carbocycles. The number of nitrogens with one attached hydrogen (secondary N) is 2. The van der Waals surface area contributed by atoms with Crippen molar-refractivity contribution in [2.75, 3.05) is 45.0 Å². The zero-order valence-electron chi connectivity index (χ0n) is 11.8. The van der Waals surface area contributed by atoms with Crippen molar-refractivity contribution in [3.63, 3.8) is 0 Å². The van der Waals surface area contributed by atoms with E-state index in [0.29, 0.717) is 29.5 Å². The number of methoxy groups -OCH3 is 1. The first-order valence-electron chi connectivity index (χ1n) is 6.67. The van der Waals surface area contributed by atoms with Crippen molar-refractivity contribution in [2.45, 2.75) is 12.8 Å². The number of hydrogen-bond donors (Lipinski definition) is 3. The van der Waals surface area contributed by atoms with E-state index in [1.807, 2.05) is 0 Å². The fourth-order valence-electron chi connectivity index (χ4n) is 1.80. The van der Waals surface area contributed by atoms with Gasteiger partial charge in [0, 0.05) is 20.2 Å². The molecule has 0 saturated heterocycles. The minimum atomic E-state index is -0.205. The van der Waals surface area contributed by atoms with E-state index in [-0.39, 0.29) is 5.91 Å². The van der Waals surface area contributed by atoms with E-state index in [9.17, 15) is 4.79 Å². The molecule has 7 heteroatoms. The van der Waals surface area contributed by atoms with Crippen LogP contribution >= 0.6 is 11.3 Å². The zero-order valence-corrected chi connectivity index (χ0v) is 12.6. The number of ether oxygens (including phenoxy) is 2. The average molecular weight is 299 g/mol. The molecule has 1 saturated carbocycles. The van der Waals surface area contributed by atoms with Crippen LogP contribution in [0.3, 0.4) is 0 Å². The molecule has 0 bridgehead atoms. The van der Waals surface area contributed by atoms with Crippen LogP contribution in [0.15, 0.2) is 0 Å². The van der Waals surface area contributed by atoms with Gasteiger partial charge in [-0.3, -0.25) is 4.79 Å². The fourth-order valence-corrected chi connectivity index (χ4v) is 2.86. The van der Waals surface area contributed by atoms with Gasteiger partial charge in [-0.1, -0.05) is 0 Å². The predicted molar refractivity (Wildman–Crippen MR) is 80.7 cm³/mol. The highest BCUT2D eigenvalue weighted by atomic mass is 32.1. The van der Waals surface area contributed by atoms with Crippen molar-refractivity contribution in [1.82, 2.24) is 5.32 Å². The van der Waals surface area contributed by atoms with Crippen molar-refractivity contribution in [1.29, 1.82) is 0 Å². The standard InChI is InChI=1S/C13H21N3O3S/c1-15-12(17)11-9(14)10(18-2)13(20-11)16-5-6-19-7-8-3-4-8/h8,16H,3-7,14H2,1-2H3,(H,15,17). The van der Waals surface area contributed by atoms with Crippen molar-refractivity contribution in [3.05, 3.63) is 4.88 Å². The summed E-state index contributed by atoms with van der Waals surface area (Å²) in [5.41, 5.74) is 6.30. The molecule has 1 amide bonds. The Bertz CT molecular complexity index is 472. The number of thiophene rings is 1. The van der Waals surface area contributed by atoms with Gasteiger partial charge >= 0.3 is 0 Å². The number of carbonyl (C=O) groups is 1. The van der Waals surface area contributed by atoms with E-state index >= 15 is 0 Å². The van der Waals surface area contributed by atoms with Gasteiger partial charge in [-0.25, -0.2) is 0 Å². The highest BCUT2D eigenvalue weighted by Gasteiger charge is 2.22. The maximum Gasteiger partial charge on any atom is 0.263 e. The van der Waals surface area contributed by atoms with Crippen LogP contribution < -0.4 is 21.1 Å². The maximum absolute atomic E-state index is 11.7. The summed E-state index contributed by atoms with van der Waals surface area (Å²) in [5, 5.41) is 6.54. The van der Waals surface area contributed by atoms with Crippen LogP contribution in [0.25, 0.3) is 0 Å². The molecule has 1 heterocycles. The number of nitrogen functional groups attached to an aromatic ring is 1. The molecule has 1 aliphatic rings. The van der Waals surface area contributed by atoms with Crippen LogP contribution in [-0.4, -0.2) is 39.8 Å².